The molecule has 5 aromatic rings. The van der Waals surface area contributed by atoms with Crippen molar-refractivity contribution in [3.63, 3.8) is 0 Å². The zero-order valence-corrected chi connectivity index (χ0v) is 22.7. The van der Waals surface area contributed by atoms with E-state index in [9.17, 15) is 9.90 Å². The molecule has 0 aliphatic carbocycles. The fourth-order valence-electron chi connectivity index (χ4n) is 5.56. The molecule has 1 fully saturated rings. The van der Waals surface area contributed by atoms with Gasteiger partial charge in [0.15, 0.2) is 17.4 Å². The number of nitrogens with one attached hydrogen (secondary N) is 2. The van der Waals surface area contributed by atoms with Gasteiger partial charge in [0.25, 0.3) is 5.56 Å². The molecule has 3 heterocycles. The van der Waals surface area contributed by atoms with Gasteiger partial charge in [-0.3, -0.25) is 14.3 Å². The van der Waals surface area contributed by atoms with Crippen molar-refractivity contribution in [1.29, 1.82) is 0 Å². The van der Waals surface area contributed by atoms with Crippen LogP contribution in [0.1, 0.15) is 29.3 Å². The van der Waals surface area contributed by atoms with Crippen LogP contribution in [0, 0.1) is 12.3 Å². The quantitative estimate of drug-likeness (QED) is 0.191. The molecule has 0 radical (unpaired) electrons. The van der Waals surface area contributed by atoms with Gasteiger partial charge in [-0.05, 0) is 28.8 Å². The molecule has 9 nitrogen and oxygen atoms in total. The van der Waals surface area contributed by atoms with Gasteiger partial charge < -0.3 is 19.9 Å². The third-order valence-corrected chi connectivity index (χ3v) is 7.61. The summed E-state index contributed by atoms with van der Waals surface area (Å²) in [5.74, 6) is 2.96. The van der Waals surface area contributed by atoms with Gasteiger partial charge in [0.05, 0.1) is 26.1 Å². The number of halogens is 1. The van der Waals surface area contributed by atoms with Gasteiger partial charge >= 0.3 is 0 Å². The smallest absolute Gasteiger partial charge is 0.280 e. The van der Waals surface area contributed by atoms with Gasteiger partial charge in [0.2, 0.25) is 11.6 Å². The van der Waals surface area contributed by atoms with Crippen molar-refractivity contribution in [2.45, 2.75) is 30.0 Å². The molecule has 0 spiro atoms. The highest BCUT2D eigenvalue weighted by molar-refractivity contribution is 5.72. The number of terminal acetylenes is 1. The number of nitrogens with zero attached hydrogens (tertiary/aromatic N) is 3. The number of hydrogen-bond donors (Lipinski definition) is 3. The number of benzene rings is 3. The van der Waals surface area contributed by atoms with Crippen molar-refractivity contribution in [3.05, 3.63) is 118 Å². The highest BCUT2D eigenvalue weighted by Gasteiger charge is 2.50. The van der Waals surface area contributed by atoms with E-state index in [0.717, 1.165) is 16.7 Å². The lowest BCUT2D eigenvalue weighted by Gasteiger charge is -2.37. The summed E-state index contributed by atoms with van der Waals surface area (Å²) < 4.78 is 28.2. The summed E-state index contributed by atoms with van der Waals surface area (Å²) in [7, 11) is 1.60. The van der Waals surface area contributed by atoms with Crippen molar-refractivity contribution in [2.75, 3.05) is 19.0 Å². The Morgan fingerprint density at radius 3 is 2.31 bits per heavy atom. The molecule has 1 aliphatic heterocycles. The second-order valence-electron chi connectivity index (χ2n) is 10.1. The predicted octanol–water partition coefficient (Wildman–Crippen LogP) is 4.15. The van der Waals surface area contributed by atoms with Crippen molar-refractivity contribution >= 4 is 17.1 Å². The Kier molecular flexibility index (Phi) is 6.98. The Morgan fingerprint density at radius 2 is 1.74 bits per heavy atom. The number of aliphatic hydroxyl groups excluding tert-OH is 1. The number of aromatic nitrogens is 4. The zero-order chi connectivity index (χ0) is 29.3. The molecule has 6 rings (SSSR count). The molecule has 0 bridgehead atoms. The van der Waals surface area contributed by atoms with E-state index in [0.29, 0.717) is 5.75 Å². The summed E-state index contributed by atoms with van der Waals surface area (Å²) >= 11 is 0. The largest absolute Gasteiger partial charge is 0.497 e. The van der Waals surface area contributed by atoms with Crippen molar-refractivity contribution in [2.24, 2.45) is 0 Å². The lowest BCUT2D eigenvalue weighted by molar-refractivity contribution is -0.0472. The zero-order valence-electron chi connectivity index (χ0n) is 22.7. The first-order valence-electron chi connectivity index (χ1n) is 13.4. The Labute approximate surface area is 241 Å². The van der Waals surface area contributed by atoms with E-state index in [2.05, 4.69) is 21.2 Å². The number of fused-ring (bicyclic) bond motifs is 1. The number of H-pyrrole nitrogens is 1. The number of aliphatic hydroxyl groups is 1. The first-order valence-corrected chi connectivity index (χ1v) is 13.4. The average molecular weight is 566 g/mol. The lowest BCUT2D eigenvalue weighted by Crippen LogP contribution is -2.39. The topological polar surface area (TPSA) is 114 Å². The number of alkyl halides is 1. The first-order chi connectivity index (χ1) is 20.4. The fraction of sp³-hybridized carbons (Fsp3) is 0.219. The van der Waals surface area contributed by atoms with Crippen LogP contribution in [0.3, 0.4) is 0 Å². The second-order valence-corrected chi connectivity index (χ2v) is 10.1. The number of hydrogen-bond acceptors (Lipinski definition) is 7. The molecule has 1 aliphatic rings. The summed E-state index contributed by atoms with van der Waals surface area (Å²) in [4.78, 5) is 25.0. The first kappa shape index (κ1) is 27.2. The Morgan fingerprint density at radius 1 is 1.12 bits per heavy atom. The maximum atomic E-state index is 15.8. The van der Waals surface area contributed by atoms with Gasteiger partial charge in [-0.25, -0.2) is 9.37 Å². The Hall–Kier alpha value is -4.98. The van der Waals surface area contributed by atoms with Crippen LogP contribution in [-0.2, 0) is 10.3 Å². The minimum atomic E-state index is -2.24. The predicted molar refractivity (Wildman–Crippen MR) is 156 cm³/mol. The van der Waals surface area contributed by atoms with Crippen LogP contribution in [0.25, 0.3) is 11.2 Å². The molecule has 3 atom stereocenters. The lowest BCUT2D eigenvalue weighted by atomic mass is 9.77. The van der Waals surface area contributed by atoms with E-state index < -0.39 is 35.7 Å². The van der Waals surface area contributed by atoms with E-state index >= 15 is 4.39 Å². The van der Waals surface area contributed by atoms with Crippen molar-refractivity contribution < 1.29 is 19.0 Å². The highest BCUT2D eigenvalue weighted by atomic mass is 19.1. The van der Waals surface area contributed by atoms with Crippen LogP contribution in [0.2, 0.25) is 0 Å². The van der Waals surface area contributed by atoms with E-state index in [1.165, 1.54) is 10.9 Å². The minimum Gasteiger partial charge on any atom is -0.497 e. The maximum Gasteiger partial charge on any atom is 0.280 e. The number of aromatic amines is 1. The number of anilines is 1. The van der Waals surface area contributed by atoms with Gasteiger partial charge in [0, 0.05) is 6.42 Å². The fourth-order valence-corrected chi connectivity index (χ4v) is 5.56. The molecule has 42 heavy (non-hydrogen) atoms. The van der Waals surface area contributed by atoms with Crippen LogP contribution in [0.4, 0.5) is 10.3 Å². The minimum absolute atomic E-state index is 0.00885. The van der Waals surface area contributed by atoms with Crippen LogP contribution < -0.4 is 15.6 Å². The SMILES string of the molecule is C#C[C@]1(F)C[C@@H](CO)O[C@@H]1n1cnc2c(=O)[nH]c(NC(c3ccccc3)(c3ccccc3)c3ccc(OC)cc3)nc21. The third kappa shape index (κ3) is 4.49. The Bertz CT molecular complexity index is 1760. The number of imidazole rings is 1. The van der Waals surface area contributed by atoms with E-state index in [1.54, 1.807) is 7.11 Å². The monoisotopic (exact) mass is 565 g/mol. The van der Waals surface area contributed by atoms with E-state index in [-0.39, 0.29) is 23.5 Å². The molecule has 0 unspecified atom stereocenters. The van der Waals surface area contributed by atoms with Crippen molar-refractivity contribution in [1.82, 2.24) is 19.5 Å². The van der Waals surface area contributed by atoms with Gasteiger partial charge in [-0.2, -0.15) is 4.98 Å². The number of methoxy groups -OCH3 is 1. The molecule has 212 valence electrons. The second kappa shape index (κ2) is 10.8. The van der Waals surface area contributed by atoms with Crippen LogP contribution >= 0.6 is 0 Å². The van der Waals surface area contributed by atoms with E-state index in [1.807, 2.05) is 84.9 Å². The van der Waals surface area contributed by atoms with Gasteiger partial charge in [-0.1, -0.05) is 78.7 Å². The molecule has 10 heteroatoms. The summed E-state index contributed by atoms with van der Waals surface area (Å²) in [5, 5.41) is 13.1. The highest BCUT2D eigenvalue weighted by Crippen LogP contribution is 2.43. The van der Waals surface area contributed by atoms with Crippen LogP contribution in [0.15, 0.2) is 96.1 Å². The molecule has 0 saturated carbocycles. The molecular weight excluding hydrogens is 537 g/mol. The third-order valence-electron chi connectivity index (χ3n) is 7.61. The molecule has 1 saturated heterocycles. The normalized spacial score (nSPS) is 20.3. The van der Waals surface area contributed by atoms with Crippen molar-refractivity contribution in [3.8, 4) is 18.1 Å². The summed E-state index contributed by atoms with van der Waals surface area (Å²) in [5.41, 5.74) is -1.14. The van der Waals surface area contributed by atoms with Crippen LogP contribution in [0.5, 0.6) is 5.75 Å². The van der Waals surface area contributed by atoms with Gasteiger partial charge in [0.1, 0.15) is 11.3 Å². The number of rotatable bonds is 8. The molecule has 0 amide bonds. The maximum absolute atomic E-state index is 15.8. The number of ether oxygens (including phenoxy) is 2. The molecule has 3 aromatic carbocycles. The summed E-state index contributed by atoms with van der Waals surface area (Å²) in [6, 6.07) is 27.1. The standard InChI is InChI=1S/C32H28FN5O4/c1-3-31(33)18-25(19-39)42-29(31)38-20-34-26-27(38)35-30(36-28(26)40)37-32(21-10-6-4-7-11-21,22-12-8-5-9-13-22)23-14-16-24(41-2)17-15-23/h1,4-17,20,25,29,39H,18-19H2,2H3,(H2,35,36,37,40)/t25-,29-,31-/m0/s1. The summed E-state index contributed by atoms with van der Waals surface area (Å²) in [6.07, 6.45) is 4.48. The van der Waals surface area contributed by atoms with Crippen LogP contribution in [-0.4, -0.2) is 50.1 Å². The molecule has 2 aromatic heterocycles. The molecular formula is C32H28FN5O4. The Balaban J connectivity index is 1.55. The molecule has 3 N–H and O–H groups in total. The average Bonchev–Trinajstić information content (AvgIpc) is 3.62. The summed E-state index contributed by atoms with van der Waals surface area (Å²) in [6.45, 7) is -0.407. The van der Waals surface area contributed by atoms with Gasteiger partial charge in [-0.15, -0.1) is 6.42 Å². The van der Waals surface area contributed by atoms with E-state index in [4.69, 9.17) is 20.9 Å².